The fraction of sp³-hybridized carbons (Fsp3) is 0.545. The molecule has 1 amide bonds. The maximum Gasteiger partial charge on any atom is 0.406 e. The average molecular weight is 300 g/mol. The second kappa shape index (κ2) is 6.69. The summed E-state index contributed by atoms with van der Waals surface area (Å²) in [6, 6.07) is 2.34. The van der Waals surface area contributed by atoms with Crippen LogP contribution in [0.15, 0.2) is 18.3 Å². The van der Waals surface area contributed by atoms with Crippen molar-refractivity contribution >= 4 is 5.91 Å². The lowest BCUT2D eigenvalue weighted by Gasteiger charge is -2.22. The molecular weight excluding hydrogens is 287 g/mol. The van der Waals surface area contributed by atoms with Gasteiger partial charge in [0.05, 0.1) is 13.2 Å². The van der Waals surface area contributed by atoms with Crippen molar-refractivity contribution in [1.82, 2.24) is 9.47 Å². The third-order valence-electron chi connectivity index (χ3n) is 2.41. The van der Waals surface area contributed by atoms with Gasteiger partial charge in [-0.1, -0.05) is 0 Å². The van der Waals surface area contributed by atoms with Crippen LogP contribution in [0.5, 0.6) is 0 Å². The van der Waals surface area contributed by atoms with Crippen LogP contribution in [0, 0.1) is 0 Å². The molecule has 0 bridgehead atoms. The monoisotopic (exact) mass is 300 g/mol. The topological polar surface area (TPSA) is 45.5 Å². The Morgan fingerprint density at radius 2 is 2.05 bits per heavy atom. The number of aliphatic hydroxyl groups is 1. The maximum atomic E-state index is 12.3. The quantitative estimate of drug-likeness (QED) is 0.814. The van der Waals surface area contributed by atoms with Gasteiger partial charge in [-0.25, -0.2) is 8.78 Å². The van der Waals surface area contributed by atoms with Crippen molar-refractivity contribution in [2.45, 2.75) is 19.1 Å². The molecule has 20 heavy (non-hydrogen) atoms. The molecular formula is C11H13F5N2O2. The third-order valence-corrected chi connectivity index (χ3v) is 2.41. The van der Waals surface area contributed by atoms with E-state index in [1.165, 1.54) is 6.07 Å². The van der Waals surface area contributed by atoms with Crippen molar-refractivity contribution in [3.63, 3.8) is 0 Å². The molecule has 0 aliphatic rings. The highest BCUT2D eigenvalue weighted by Crippen LogP contribution is 2.19. The smallest absolute Gasteiger partial charge is 0.395 e. The summed E-state index contributed by atoms with van der Waals surface area (Å²) in [5, 5.41) is 8.73. The minimum Gasteiger partial charge on any atom is -0.395 e. The first-order valence-electron chi connectivity index (χ1n) is 5.64. The van der Waals surface area contributed by atoms with E-state index in [0.29, 0.717) is 9.47 Å². The number of rotatable bonds is 6. The second-order valence-corrected chi connectivity index (χ2v) is 4.00. The predicted octanol–water partition coefficient (Wildman–Crippen LogP) is 1.75. The van der Waals surface area contributed by atoms with Crippen molar-refractivity contribution in [3.8, 4) is 0 Å². The molecule has 1 aromatic heterocycles. The van der Waals surface area contributed by atoms with Crippen LogP contribution in [0.1, 0.15) is 10.5 Å². The maximum absolute atomic E-state index is 12.3. The van der Waals surface area contributed by atoms with E-state index in [2.05, 4.69) is 0 Å². The summed E-state index contributed by atoms with van der Waals surface area (Å²) in [5.74, 6) is -0.978. The molecule has 0 saturated carbocycles. The van der Waals surface area contributed by atoms with Crippen molar-refractivity contribution in [1.29, 1.82) is 0 Å². The van der Waals surface area contributed by atoms with Gasteiger partial charge in [0.15, 0.2) is 0 Å². The normalized spacial score (nSPS) is 11.9. The fourth-order valence-corrected chi connectivity index (χ4v) is 1.66. The molecule has 1 aromatic rings. The van der Waals surface area contributed by atoms with E-state index in [1.54, 1.807) is 0 Å². The lowest BCUT2D eigenvalue weighted by atomic mass is 10.3. The molecule has 1 rings (SSSR count). The summed E-state index contributed by atoms with van der Waals surface area (Å²) in [7, 11) is 0. The standard InChI is InChI=1S/C11H13F5N2O2/c12-9(13)6-17(4-5-19)10(20)8-2-1-3-18(8)7-11(14,15)16/h1-3,9,19H,4-7H2. The lowest BCUT2D eigenvalue weighted by Crippen LogP contribution is -2.38. The Labute approximate surface area is 111 Å². The Bertz CT molecular complexity index is 444. The molecule has 0 aliphatic heterocycles. The summed E-state index contributed by atoms with van der Waals surface area (Å²) >= 11 is 0. The number of halogens is 5. The predicted molar refractivity (Wildman–Crippen MR) is 59.5 cm³/mol. The highest BCUT2D eigenvalue weighted by Gasteiger charge is 2.30. The summed E-state index contributed by atoms with van der Waals surface area (Å²) in [5.41, 5.74) is -0.351. The number of aliphatic hydroxyl groups excluding tert-OH is 1. The number of aromatic nitrogens is 1. The highest BCUT2D eigenvalue weighted by atomic mass is 19.4. The zero-order valence-electron chi connectivity index (χ0n) is 10.3. The molecule has 0 fully saturated rings. The van der Waals surface area contributed by atoms with Gasteiger partial charge < -0.3 is 14.6 Å². The molecule has 4 nitrogen and oxygen atoms in total. The molecule has 0 atom stereocenters. The Morgan fingerprint density at radius 3 is 2.55 bits per heavy atom. The molecule has 0 saturated heterocycles. The van der Waals surface area contributed by atoms with E-state index in [9.17, 15) is 26.7 Å². The van der Waals surface area contributed by atoms with Crippen LogP contribution in [0.3, 0.4) is 0 Å². The number of carbonyl (C=O) groups excluding carboxylic acids is 1. The van der Waals surface area contributed by atoms with E-state index in [0.717, 1.165) is 12.3 Å². The molecule has 0 unspecified atom stereocenters. The molecule has 1 heterocycles. The molecule has 0 aromatic carbocycles. The Balaban J connectivity index is 2.92. The van der Waals surface area contributed by atoms with Gasteiger partial charge >= 0.3 is 6.18 Å². The Morgan fingerprint density at radius 1 is 1.40 bits per heavy atom. The van der Waals surface area contributed by atoms with Crippen LogP contribution in [-0.4, -0.2) is 52.8 Å². The number of amides is 1. The van der Waals surface area contributed by atoms with Gasteiger partial charge in [0, 0.05) is 12.7 Å². The minimum atomic E-state index is -4.53. The summed E-state index contributed by atoms with van der Waals surface area (Å²) in [6.07, 6.45) is -6.32. The zero-order chi connectivity index (χ0) is 15.3. The first kappa shape index (κ1) is 16.4. The number of hydrogen-bond acceptors (Lipinski definition) is 2. The van der Waals surface area contributed by atoms with Crippen LogP contribution in [0.2, 0.25) is 0 Å². The molecule has 1 N–H and O–H groups in total. The van der Waals surface area contributed by atoms with Crippen LogP contribution < -0.4 is 0 Å². The number of nitrogens with zero attached hydrogens (tertiary/aromatic N) is 2. The van der Waals surface area contributed by atoms with Crippen molar-refractivity contribution in [2.24, 2.45) is 0 Å². The lowest BCUT2D eigenvalue weighted by molar-refractivity contribution is -0.140. The summed E-state index contributed by atoms with van der Waals surface area (Å²) in [4.78, 5) is 12.5. The number of hydrogen-bond donors (Lipinski definition) is 1. The van der Waals surface area contributed by atoms with E-state index in [4.69, 9.17) is 5.11 Å². The zero-order valence-corrected chi connectivity index (χ0v) is 10.3. The second-order valence-electron chi connectivity index (χ2n) is 4.00. The highest BCUT2D eigenvalue weighted by molar-refractivity contribution is 5.92. The van der Waals surface area contributed by atoms with Gasteiger partial charge in [0.25, 0.3) is 12.3 Å². The average Bonchev–Trinajstić information content (AvgIpc) is 2.72. The SMILES string of the molecule is O=C(c1cccn1CC(F)(F)F)N(CCO)CC(F)F. The third kappa shape index (κ3) is 4.80. The molecule has 0 radical (unpaired) electrons. The minimum absolute atomic E-state index is 0.351. The molecule has 9 heteroatoms. The van der Waals surface area contributed by atoms with Gasteiger partial charge in [-0.3, -0.25) is 4.79 Å². The van der Waals surface area contributed by atoms with Crippen LogP contribution >= 0.6 is 0 Å². The van der Waals surface area contributed by atoms with Crippen molar-refractivity contribution in [2.75, 3.05) is 19.7 Å². The summed E-state index contributed by atoms with van der Waals surface area (Å²) < 4.78 is 62.2. The van der Waals surface area contributed by atoms with Gasteiger partial charge in [-0.05, 0) is 12.1 Å². The van der Waals surface area contributed by atoms with Gasteiger partial charge in [-0.2, -0.15) is 13.2 Å². The van der Waals surface area contributed by atoms with Gasteiger partial charge in [0.1, 0.15) is 12.2 Å². The van der Waals surface area contributed by atoms with E-state index in [-0.39, 0.29) is 12.2 Å². The molecule has 0 aliphatic carbocycles. The van der Waals surface area contributed by atoms with Crippen LogP contribution in [0.25, 0.3) is 0 Å². The largest absolute Gasteiger partial charge is 0.406 e. The van der Waals surface area contributed by atoms with Gasteiger partial charge in [0.2, 0.25) is 0 Å². The Hall–Kier alpha value is -1.64. The van der Waals surface area contributed by atoms with Crippen LogP contribution in [-0.2, 0) is 6.54 Å². The van der Waals surface area contributed by atoms with E-state index >= 15 is 0 Å². The first-order valence-corrected chi connectivity index (χ1v) is 5.64. The molecule has 114 valence electrons. The van der Waals surface area contributed by atoms with Gasteiger partial charge in [-0.15, -0.1) is 0 Å². The van der Waals surface area contributed by atoms with Crippen LogP contribution in [0.4, 0.5) is 22.0 Å². The number of carbonyl (C=O) groups is 1. The van der Waals surface area contributed by atoms with E-state index in [1.807, 2.05) is 0 Å². The first-order chi connectivity index (χ1) is 9.24. The summed E-state index contributed by atoms with van der Waals surface area (Å²) in [6.45, 7) is -3.27. The van der Waals surface area contributed by atoms with Crippen molar-refractivity contribution in [3.05, 3.63) is 24.0 Å². The fourth-order valence-electron chi connectivity index (χ4n) is 1.66. The number of alkyl halides is 5. The molecule has 0 spiro atoms. The van der Waals surface area contributed by atoms with E-state index < -0.39 is 38.2 Å². The van der Waals surface area contributed by atoms with Crippen molar-refractivity contribution < 1.29 is 31.9 Å². The Kier molecular flexibility index (Phi) is 5.49.